The molecule has 5 nitrogen and oxygen atoms in total. The lowest BCUT2D eigenvalue weighted by atomic mass is 10.1. The molecule has 1 saturated heterocycles. The SMILES string of the molecule is Cl.c1nc(N[C@@H]2CCCNC2)c2cc[nH]c2n1. The van der Waals surface area contributed by atoms with Crippen LogP contribution < -0.4 is 10.6 Å². The Morgan fingerprint density at radius 2 is 2.29 bits per heavy atom. The van der Waals surface area contributed by atoms with Gasteiger partial charge in [-0.15, -0.1) is 12.4 Å². The van der Waals surface area contributed by atoms with Crippen LogP contribution in [-0.2, 0) is 0 Å². The third kappa shape index (κ3) is 2.50. The normalized spacial score (nSPS) is 19.9. The van der Waals surface area contributed by atoms with E-state index in [-0.39, 0.29) is 12.4 Å². The molecule has 0 aromatic carbocycles. The number of aromatic amines is 1. The molecule has 3 heterocycles. The summed E-state index contributed by atoms with van der Waals surface area (Å²) in [5, 5.41) is 7.92. The Bertz CT molecular complexity index is 477. The maximum Gasteiger partial charge on any atom is 0.142 e. The Morgan fingerprint density at radius 3 is 3.12 bits per heavy atom. The number of hydrogen-bond donors (Lipinski definition) is 3. The van der Waals surface area contributed by atoms with E-state index in [1.165, 1.54) is 12.8 Å². The highest BCUT2D eigenvalue weighted by atomic mass is 35.5. The topological polar surface area (TPSA) is 65.6 Å². The second-order valence-electron chi connectivity index (χ2n) is 4.15. The second kappa shape index (κ2) is 5.33. The Morgan fingerprint density at radius 1 is 1.35 bits per heavy atom. The van der Waals surface area contributed by atoms with Crippen molar-refractivity contribution in [2.24, 2.45) is 0 Å². The summed E-state index contributed by atoms with van der Waals surface area (Å²) in [4.78, 5) is 11.6. The molecule has 0 aliphatic carbocycles. The Hall–Kier alpha value is -1.33. The van der Waals surface area contributed by atoms with E-state index in [1.807, 2.05) is 12.3 Å². The van der Waals surface area contributed by atoms with Gasteiger partial charge < -0.3 is 15.6 Å². The Kier molecular flexibility index (Phi) is 3.81. The summed E-state index contributed by atoms with van der Waals surface area (Å²) in [5.74, 6) is 0.931. The predicted molar refractivity (Wildman–Crippen MR) is 70.7 cm³/mol. The van der Waals surface area contributed by atoms with Crippen molar-refractivity contribution in [2.75, 3.05) is 18.4 Å². The van der Waals surface area contributed by atoms with Crippen LogP contribution in [0.2, 0.25) is 0 Å². The number of H-pyrrole nitrogens is 1. The van der Waals surface area contributed by atoms with Gasteiger partial charge in [0.2, 0.25) is 0 Å². The first kappa shape index (κ1) is 12.1. The largest absolute Gasteiger partial charge is 0.365 e. The first-order chi connectivity index (χ1) is 7.93. The van der Waals surface area contributed by atoms with Gasteiger partial charge in [0.1, 0.15) is 17.8 Å². The fourth-order valence-electron chi connectivity index (χ4n) is 2.16. The second-order valence-corrected chi connectivity index (χ2v) is 4.15. The van der Waals surface area contributed by atoms with Gasteiger partial charge in [-0.1, -0.05) is 0 Å². The molecule has 1 atom stereocenters. The van der Waals surface area contributed by atoms with Crippen molar-refractivity contribution >= 4 is 29.3 Å². The molecule has 0 bridgehead atoms. The number of anilines is 1. The molecule has 0 saturated carbocycles. The third-order valence-corrected chi connectivity index (χ3v) is 2.99. The highest BCUT2D eigenvalue weighted by Crippen LogP contribution is 2.19. The number of nitrogens with one attached hydrogen (secondary N) is 3. The van der Waals surface area contributed by atoms with Crippen molar-refractivity contribution in [3.8, 4) is 0 Å². The van der Waals surface area contributed by atoms with Crippen LogP contribution in [0.25, 0.3) is 11.0 Å². The average molecular weight is 254 g/mol. The van der Waals surface area contributed by atoms with E-state index in [9.17, 15) is 0 Å². The zero-order chi connectivity index (χ0) is 10.8. The lowest BCUT2D eigenvalue weighted by Gasteiger charge is -2.24. The number of rotatable bonds is 2. The number of hydrogen-bond acceptors (Lipinski definition) is 4. The van der Waals surface area contributed by atoms with Crippen LogP contribution in [0.5, 0.6) is 0 Å². The number of aromatic nitrogens is 3. The summed E-state index contributed by atoms with van der Waals surface area (Å²) >= 11 is 0. The highest BCUT2D eigenvalue weighted by Gasteiger charge is 2.14. The van der Waals surface area contributed by atoms with E-state index in [4.69, 9.17) is 0 Å². The maximum atomic E-state index is 4.30. The lowest BCUT2D eigenvalue weighted by molar-refractivity contribution is 0.479. The molecule has 1 fully saturated rings. The molecular weight excluding hydrogens is 238 g/mol. The molecule has 0 amide bonds. The van der Waals surface area contributed by atoms with Gasteiger partial charge in [0.05, 0.1) is 5.39 Å². The van der Waals surface area contributed by atoms with Crippen molar-refractivity contribution in [1.82, 2.24) is 20.3 Å². The van der Waals surface area contributed by atoms with E-state index in [2.05, 4.69) is 25.6 Å². The number of piperidine rings is 1. The summed E-state index contributed by atoms with van der Waals surface area (Å²) < 4.78 is 0. The Balaban J connectivity index is 0.00000108. The molecule has 17 heavy (non-hydrogen) atoms. The zero-order valence-corrected chi connectivity index (χ0v) is 10.3. The van der Waals surface area contributed by atoms with Crippen LogP contribution in [0, 0.1) is 0 Å². The lowest BCUT2D eigenvalue weighted by Crippen LogP contribution is -2.38. The van der Waals surface area contributed by atoms with Crippen LogP contribution in [0.1, 0.15) is 12.8 Å². The van der Waals surface area contributed by atoms with Crippen molar-refractivity contribution in [3.63, 3.8) is 0 Å². The van der Waals surface area contributed by atoms with E-state index in [0.717, 1.165) is 29.9 Å². The van der Waals surface area contributed by atoms with E-state index in [1.54, 1.807) is 6.33 Å². The van der Waals surface area contributed by atoms with Gasteiger partial charge in [-0.25, -0.2) is 9.97 Å². The quantitative estimate of drug-likeness (QED) is 0.760. The minimum atomic E-state index is 0. The van der Waals surface area contributed by atoms with Gasteiger partial charge in [0, 0.05) is 18.8 Å². The molecule has 3 N–H and O–H groups in total. The minimum absolute atomic E-state index is 0. The van der Waals surface area contributed by atoms with Gasteiger partial charge in [0.25, 0.3) is 0 Å². The first-order valence-corrected chi connectivity index (χ1v) is 5.69. The van der Waals surface area contributed by atoms with Gasteiger partial charge >= 0.3 is 0 Å². The molecule has 92 valence electrons. The standard InChI is InChI=1S/C11H15N5.ClH/c1-2-8(6-12-4-1)16-11-9-3-5-13-10(9)14-7-15-11;/h3,5,7-8,12H,1-2,4,6H2,(H2,13,14,15,16);1H/t8-;/m1./s1. The van der Waals surface area contributed by atoms with Crippen LogP contribution >= 0.6 is 12.4 Å². The molecule has 1 aliphatic heterocycles. The monoisotopic (exact) mass is 253 g/mol. The average Bonchev–Trinajstić information content (AvgIpc) is 2.80. The molecule has 3 rings (SSSR count). The third-order valence-electron chi connectivity index (χ3n) is 2.99. The highest BCUT2D eigenvalue weighted by molar-refractivity contribution is 5.86. The summed E-state index contributed by atoms with van der Waals surface area (Å²) in [5.41, 5.74) is 0.890. The fourth-order valence-corrected chi connectivity index (χ4v) is 2.16. The minimum Gasteiger partial charge on any atom is -0.365 e. The molecule has 0 spiro atoms. The van der Waals surface area contributed by atoms with Crippen LogP contribution in [0.4, 0.5) is 5.82 Å². The van der Waals surface area contributed by atoms with Gasteiger partial charge in [-0.3, -0.25) is 0 Å². The summed E-state index contributed by atoms with van der Waals surface area (Å²) in [6, 6.07) is 2.48. The summed E-state index contributed by atoms with van der Waals surface area (Å²) in [6.07, 6.45) is 5.91. The molecule has 6 heteroatoms. The van der Waals surface area contributed by atoms with Crippen molar-refractivity contribution in [1.29, 1.82) is 0 Å². The van der Waals surface area contributed by atoms with Gasteiger partial charge in [0.15, 0.2) is 0 Å². The van der Waals surface area contributed by atoms with Crippen LogP contribution in [0.15, 0.2) is 18.6 Å². The zero-order valence-electron chi connectivity index (χ0n) is 9.44. The Labute approximate surface area is 106 Å². The van der Waals surface area contributed by atoms with E-state index in [0.29, 0.717) is 6.04 Å². The number of nitrogens with zero attached hydrogens (tertiary/aromatic N) is 2. The summed E-state index contributed by atoms with van der Waals surface area (Å²) in [6.45, 7) is 2.14. The van der Waals surface area contributed by atoms with Gasteiger partial charge in [-0.2, -0.15) is 0 Å². The van der Waals surface area contributed by atoms with Crippen molar-refractivity contribution in [2.45, 2.75) is 18.9 Å². The van der Waals surface area contributed by atoms with Crippen molar-refractivity contribution < 1.29 is 0 Å². The van der Waals surface area contributed by atoms with E-state index < -0.39 is 0 Å². The van der Waals surface area contributed by atoms with Crippen molar-refractivity contribution in [3.05, 3.63) is 18.6 Å². The summed E-state index contributed by atoms with van der Waals surface area (Å²) in [7, 11) is 0. The van der Waals surface area contributed by atoms with E-state index >= 15 is 0 Å². The molecule has 1 aliphatic rings. The van der Waals surface area contributed by atoms with Crippen LogP contribution in [0.3, 0.4) is 0 Å². The maximum absolute atomic E-state index is 4.30. The molecule has 0 unspecified atom stereocenters. The number of halogens is 1. The fraction of sp³-hybridized carbons (Fsp3) is 0.455. The first-order valence-electron chi connectivity index (χ1n) is 5.69. The van der Waals surface area contributed by atoms with Crippen LogP contribution in [-0.4, -0.2) is 34.1 Å². The van der Waals surface area contributed by atoms with Gasteiger partial charge in [-0.05, 0) is 25.5 Å². The predicted octanol–water partition coefficient (Wildman–Crippen LogP) is 1.54. The molecular formula is C11H16ClN5. The molecule has 2 aromatic rings. The number of fused-ring (bicyclic) bond motifs is 1. The molecule has 0 radical (unpaired) electrons. The molecule has 2 aromatic heterocycles. The smallest absolute Gasteiger partial charge is 0.142 e.